The smallest absolute Gasteiger partial charge is 0.292 e. The second kappa shape index (κ2) is 5.53. The molecule has 0 saturated heterocycles. The maximum Gasteiger partial charge on any atom is 0.292 e. The first-order chi connectivity index (χ1) is 7.60. The molecule has 0 atom stereocenters. The number of aromatic nitrogens is 1. The van der Waals surface area contributed by atoms with Crippen LogP contribution >= 0.6 is 0 Å². The molecule has 5 heteroatoms. The molecule has 0 aliphatic heterocycles. The van der Waals surface area contributed by atoms with Crippen molar-refractivity contribution < 1.29 is 9.32 Å². The molecule has 1 aromatic rings. The van der Waals surface area contributed by atoms with Crippen molar-refractivity contribution in [2.24, 2.45) is 7.05 Å². The maximum absolute atomic E-state index is 12.0. The Kier molecular flexibility index (Phi) is 4.34. The Morgan fingerprint density at radius 2 is 1.94 bits per heavy atom. The quantitative estimate of drug-likeness (QED) is 0.759. The fraction of sp³-hybridized carbons (Fsp3) is 0.636. The molecule has 90 valence electrons. The molecule has 5 nitrogen and oxygen atoms in total. The van der Waals surface area contributed by atoms with Crippen molar-refractivity contribution >= 4 is 5.91 Å². The van der Waals surface area contributed by atoms with E-state index in [0.29, 0.717) is 13.1 Å². The third kappa shape index (κ3) is 2.74. The molecule has 0 aromatic carbocycles. The predicted molar refractivity (Wildman–Crippen MR) is 60.4 cm³/mol. The Labute approximate surface area is 94.6 Å². The first-order valence-corrected chi connectivity index (χ1v) is 5.56. The fourth-order valence-corrected chi connectivity index (χ4v) is 1.53. The Hall–Kier alpha value is -1.52. The summed E-state index contributed by atoms with van der Waals surface area (Å²) in [5.41, 5.74) is -0.295. The number of carbonyl (C=O) groups excluding carboxylic acids is 1. The van der Waals surface area contributed by atoms with Gasteiger partial charge in [-0.3, -0.25) is 9.59 Å². The number of hydrogen-bond donors (Lipinski definition) is 0. The monoisotopic (exact) mass is 226 g/mol. The third-order valence-electron chi connectivity index (χ3n) is 2.29. The number of nitrogens with zero attached hydrogens (tertiary/aromatic N) is 2. The van der Waals surface area contributed by atoms with Crippen LogP contribution in [-0.4, -0.2) is 28.6 Å². The molecule has 0 spiro atoms. The standard InChI is InChI=1S/C11H18N2O3/c1-4-6-13(7-5-2)11(15)9-8-10(14)12(3)16-9/h8H,4-7H2,1-3H3. The Morgan fingerprint density at radius 1 is 1.38 bits per heavy atom. The molecule has 1 amide bonds. The van der Waals surface area contributed by atoms with Gasteiger partial charge >= 0.3 is 0 Å². The molecule has 1 heterocycles. The maximum atomic E-state index is 12.0. The lowest BCUT2D eigenvalue weighted by Gasteiger charge is -2.19. The van der Waals surface area contributed by atoms with Crippen molar-refractivity contribution in [3.63, 3.8) is 0 Å². The van der Waals surface area contributed by atoms with Crippen LogP contribution in [0.5, 0.6) is 0 Å². The van der Waals surface area contributed by atoms with Gasteiger partial charge in [0.15, 0.2) is 0 Å². The van der Waals surface area contributed by atoms with Crippen LogP contribution in [0.3, 0.4) is 0 Å². The van der Waals surface area contributed by atoms with Gasteiger partial charge in [0.2, 0.25) is 5.76 Å². The van der Waals surface area contributed by atoms with Gasteiger partial charge in [0.25, 0.3) is 11.5 Å². The number of aryl methyl sites for hydroxylation is 1. The van der Waals surface area contributed by atoms with E-state index in [1.807, 2.05) is 13.8 Å². The lowest BCUT2D eigenvalue weighted by atomic mass is 10.3. The van der Waals surface area contributed by atoms with Crippen molar-refractivity contribution in [2.75, 3.05) is 13.1 Å². The zero-order valence-electron chi connectivity index (χ0n) is 10.0. The first-order valence-electron chi connectivity index (χ1n) is 5.56. The molecule has 1 aromatic heterocycles. The van der Waals surface area contributed by atoms with E-state index >= 15 is 0 Å². The van der Waals surface area contributed by atoms with Gasteiger partial charge in [-0.1, -0.05) is 13.8 Å². The van der Waals surface area contributed by atoms with Crippen LogP contribution in [0.1, 0.15) is 37.2 Å². The number of amides is 1. The van der Waals surface area contributed by atoms with Crippen molar-refractivity contribution in [3.8, 4) is 0 Å². The van der Waals surface area contributed by atoms with Crippen LogP contribution in [0.2, 0.25) is 0 Å². The van der Waals surface area contributed by atoms with Crippen molar-refractivity contribution in [1.29, 1.82) is 0 Å². The fourth-order valence-electron chi connectivity index (χ4n) is 1.53. The second-order valence-corrected chi connectivity index (χ2v) is 3.73. The Balaban J connectivity index is 2.85. The SMILES string of the molecule is CCCN(CCC)C(=O)c1cc(=O)n(C)o1. The summed E-state index contributed by atoms with van der Waals surface area (Å²) in [6.45, 7) is 5.39. The molecule has 0 bridgehead atoms. The highest BCUT2D eigenvalue weighted by Crippen LogP contribution is 2.04. The predicted octanol–water partition coefficient (Wildman–Crippen LogP) is 1.24. The van der Waals surface area contributed by atoms with Crippen LogP contribution < -0.4 is 5.56 Å². The average molecular weight is 226 g/mol. The van der Waals surface area contributed by atoms with E-state index in [1.165, 1.54) is 13.1 Å². The van der Waals surface area contributed by atoms with Crippen molar-refractivity contribution in [2.45, 2.75) is 26.7 Å². The van der Waals surface area contributed by atoms with Gasteiger partial charge in [0, 0.05) is 20.1 Å². The summed E-state index contributed by atoms with van der Waals surface area (Å²) in [6.07, 6.45) is 1.78. The van der Waals surface area contributed by atoms with Crippen molar-refractivity contribution in [1.82, 2.24) is 9.64 Å². The lowest BCUT2D eigenvalue weighted by molar-refractivity contribution is 0.0700. The molecular weight excluding hydrogens is 208 g/mol. The van der Waals surface area contributed by atoms with Gasteiger partial charge < -0.3 is 9.42 Å². The third-order valence-corrected chi connectivity index (χ3v) is 2.29. The molecule has 0 aliphatic carbocycles. The Bertz CT molecular complexity index is 400. The molecule has 0 aliphatic rings. The van der Waals surface area contributed by atoms with E-state index in [2.05, 4.69) is 0 Å². The van der Waals surface area contributed by atoms with Crippen LogP contribution in [0.4, 0.5) is 0 Å². The van der Waals surface area contributed by atoms with Crippen LogP contribution in [0, 0.1) is 0 Å². The minimum atomic E-state index is -0.295. The van der Waals surface area contributed by atoms with Gasteiger partial charge in [-0.15, -0.1) is 0 Å². The molecule has 1 rings (SSSR count). The van der Waals surface area contributed by atoms with Crippen molar-refractivity contribution in [3.05, 3.63) is 22.2 Å². The summed E-state index contributed by atoms with van der Waals surface area (Å²) < 4.78 is 6.12. The largest absolute Gasteiger partial charge is 0.371 e. The summed E-state index contributed by atoms with van der Waals surface area (Å²) in [5, 5.41) is 0. The van der Waals surface area contributed by atoms with Crippen LogP contribution in [0.25, 0.3) is 0 Å². The summed E-state index contributed by atoms with van der Waals surface area (Å²) in [4.78, 5) is 24.9. The van der Waals surface area contributed by atoms with E-state index in [0.717, 1.165) is 17.6 Å². The van der Waals surface area contributed by atoms with E-state index in [9.17, 15) is 9.59 Å². The first kappa shape index (κ1) is 12.5. The van der Waals surface area contributed by atoms with Gasteiger partial charge in [-0.25, -0.2) is 0 Å². The highest BCUT2D eigenvalue weighted by molar-refractivity contribution is 5.91. The van der Waals surface area contributed by atoms with Crippen LogP contribution in [0.15, 0.2) is 15.4 Å². The van der Waals surface area contributed by atoms with Gasteiger partial charge in [-0.05, 0) is 12.8 Å². The minimum absolute atomic E-state index is 0.120. The van der Waals surface area contributed by atoms with E-state index in [-0.39, 0.29) is 17.2 Å². The summed E-state index contributed by atoms with van der Waals surface area (Å²) in [5.74, 6) is -0.0872. The molecule has 0 unspecified atom stereocenters. The zero-order valence-corrected chi connectivity index (χ0v) is 10.0. The average Bonchev–Trinajstić information content (AvgIpc) is 2.58. The number of hydrogen-bond acceptors (Lipinski definition) is 3. The van der Waals surface area contributed by atoms with E-state index in [4.69, 9.17) is 4.52 Å². The highest BCUT2D eigenvalue weighted by atomic mass is 16.5. The van der Waals surface area contributed by atoms with Crippen LogP contribution in [-0.2, 0) is 7.05 Å². The minimum Gasteiger partial charge on any atom is -0.371 e. The number of rotatable bonds is 5. The summed E-state index contributed by atoms with van der Waals surface area (Å²) in [6, 6.07) is 1.24. The highest BCUT2D eigenvalue weighted by Gasteiger charge is 2.19. The molecule has 0 saturated carbocycles. The van der Waals surface area contributed by atoms with Gasteiger partial charge in [0.05, 0.1) is 6.07 Å². The van der Waals surface area contributed by atoms with E-state index in [1.54, 1.807) is 4.90 Å². The molecule has 16 heavy (non-hydrogen) atoms. The summed E-state index contributed by atoms with van der Waals surface area (Å²) >= 11 is 0. The normalized spacial score (nSPS) is 10.4. The molecule has 0 fully saturated rings. The second-order valence-electron chi connectivity index (χ2n) is 3.73. The molecular formula is C11H18N2O3. The number of carbonyl (C=O) groups is 1. The Morgan fingerprint density at radius 3 is 2.31 bits per heavy atom. The van der Waals surface area contributed by atoms with Gasteiger partial charge in [0.1, 0.15) is 0 Å². The van der Waals surface area contributed by atoms with Gasteiger partial charge in [-0.2, -0.15) is 4.74 Å². The zero-order chi connectivity index (χ0) is 12.1. The lowest BCUT2D eigenvalue weighted by Crippen LogP contribution is -2.32. The molecule has 0 N–H and O–H groups in total. The van der Waals surface area contributed by atoms with E-state index < -0.39 is 0 Å². The molecule has 0 radical (unpaired) electrons. The topological polar surface area (TPSA) is 55.5 Å². The summed E-state index contributed by atoms with van der Waals surface area (Å²) in [7, 11) is 1.49.